The smallest absolute Gasteiger partial charge is 0.125 e. The van der Waals surface area contributed by atoms with Crippen molar-refractivity contribution >= 4 is 5.82 Å². The lowest BCUT2D eigenvalue weighted by Crippen LogP contribution is -2.06. The molecule has 0 aliphatic heterocycles. The van der Waals surface area contributed by atoms with Gasteiger partial charge in [0.15, 0.2) is 0 Å². The lowest BCUT2D eigenvalue weighted by Gasteiger charge is -2.04. The maximum absolute atomic E-state index is 12.7. The Morgan fingerprint density at radius 2 is 1.88 bits per heavy atom. The van der Waals surface area contributed by atoms with Gasteiger partial charge in [0, 0.05) is 5.56 Å². The highest BCUT2D eigenvalue weighted by Crippen LogP contribution is 2.16. The molecule has 16 heavy (non-hydrogen) atoms. The lowest BCUT2D eigenvalue weighted by atomic mass is 10.2. The van der Waals surface area contributed by atoms with E-state index < -0.39 is 0 Å². The Labute approximate surface area is 93.7 Å². The van der Waals surface area contributed by atoms with Crippen molar-refractivity contribution in [2.75, 3.05) is 5.73 Å². The number of rotatable bonds is 2. The zero-order valence-corrected chi connectivity index (χ0v) is 9.37. The number of nitrogen functional groups attached to an aromatic ring is 1. The van der Waals surface area contributed by atoms with E-state index in [2.05, 4.69) is 5.10 Å². The van der Waals surface area contributed by atoms with Crippen molar-refractivity contribution in [2.45, 2.75) is 20.4 Å². The van der Waals surface area contributed by atoms with Crippen molar-refractivity contribution in [2.24, 2.45) is 0 Å². The Morgan fingerprint density at radius 1 is 1.25 bits per heavy atom. The van der Waals surface area contributed by atoms with Gasteiger partial charge in [-0.2, -0.15) is 5.10 Å². The highest BCUT2D eigenvalue weighted by Gasteiger charge is 2.08. The predicted octanol–water partition coefficient (Wildman–Crippen LogP) is 2.27. The minimum Gasteiger partial charge on any atom is -0.384 e. The largest absolute Gasteiger partial charge is 0.384 e. The number of anilines is 1. The molecule has 1 heterocycles. The van der Waals surface area contributed by atoms with Crippen LogP contribution < -0.4 is 5.73 Å². The monoisotopic (exact) mass is 219 g/mol. The van der Waals surface area contributed by atoms with E-state index in [-0.39, 0.29) is 5.82 Å². The highest BCUT2D eigenvalue weighted by atomic mass is 19.1. The van der Waals surface area contributed by atoms with E-state index in [1.807, 2.05) is 13.8 Å². The van der Waals surface area contributed by atoms with Gasteiger partial charge in [0.05, 0.1) is 12.2 Å². The second-order valence-corrected chi connectivity index (χ2v) is 3.88. The van der Waals surface area contributed by atoms with E-state index in [1.165, 1.54) is 12.1 Å². The molecule has 0 saturated carbocycles. The van der Waals surface area contributed by atoms with Crippen LogP contribution in [-0.4, -0.2) is 9.78 Å². The third kappa shape index (κ3) is 1.91. The number of hydrogen-bond donors (Lipinski definition) is 1. The molecular formula is C12H14FN3. The maximum atomic E-state index is 12.7. The number of nitrogens with two attached hydrogens (primary N) is 1. The summed E-state index contributed by atoms with van der Waals surface area (Å²) in [7, 11) is 0. The third-order valence-electron chi connectivity index (χ3n) is 2.72. The van der Waals surface area contributed by atoms with E-state index >= 15 is 0 Å². The van der Waals surface area contributed by atoms with Gasteiger partial charge in [0.2, 0.25) is 0 Å². The first-order chi connectivity index (χ1) is 7.58. The van der Waals surface area contributed by atoms with Gasteiger partial charge in [0.25, 0.3) is 0 Å². The van der Waals surface area contributed by atoms with Crippen LogP contribution in [0.1, 0.15) is 16.8 Å². The summed E-state index contributed by atoms with van der Waals surface area (Å²) in [6.07, 6.45) is 0. The Bertz CT molecular complexity index is 500. The average molecular weight is 219 g/mol. The van der Waals surface area contributed by atoms with Gasteiger partial charge in [-0.25, -0.2) is 9.07 Å². The standard InChI is InChI=1S/C12H14FN3/c1-8-9(2)15-16(12(8)14)7-10-3-5-11(13)6-4-10/h3-6H,7,14H2,1-2H3. The molecule has 0 amide bonds. The Hall–Kier alpha value is -1.84. The van der Waals surface area contributed by atoms with E-state index in [0.29, 0.717) is 12.4 Å². The number of nitrogens with zero attached hydrogens (tertiary/aromatic N) is 2. The van der Waals surface area contributed by atoms with Crippen LogP contribution in [0.3, 0.4) is 0 Å². The summed E-state index contributed by atoms with van der Waals surface area (Å²) in [4.78, 5) is 0. The molecule has 3 nitrogen and oxygen atoms in total. The van der Waals surface area contributed by atoms with Crippen LogP contribution in [0.15, 0.2) is 24.3 Å². The summed E-state index contributed by atoms with van der Waals surface area (Å²) in [5.41, 5.74) is 8.82. The quantitative estimate of drug-likeness (QED) is 0.842. The normalized spacial score (nSPS) is 10.7. The van der Waals surface area contributed by atoms with Crippen LogP contribution in [0.2, 0.25) is 0 Å². The highest BCUT2D eigenvalue weighted by molar-refractivity contribution is 5.42. The molecule has 2 rings (SSSR count). The van der Waals surface area contributed by atoms with E-state index in [1.54, 1.807) is 16.8 Å². The minimum atomic E-state index is -0.232. The van der Waals surface area contributed by atoms with Crippen LogP contribution in [0.25, 0.3) is 0 Å². The molecule has 1 aromatic carbocycles. The molecule has 0 radical (unpaired) electrons. The van der Waals surface area contributed by atoms with Crippen LogP contribution >= 0.6 is 0 Å². The summed E-state index contributed by atoms with van der Waals surface area (Å²) in [6.45, 7) is 4.44. The van der Waals surface area contributed by atoms with Crippen molar-refractivity contribution in [1.29, 1.82) is 0 Å². The molecule has 4 heteroatoms. The number of aromatic nitrogens is 2. The summed E-state index contributed by atoms with van der Waals surface area (Å²) >= 11 is 0. The number of aryl methyl sites for hydroxylation is 1. The minimum absolute atomic E-state index is 0.232. The molecule has 0 spiro atoms. The molecule has 1 aromatic heterocycles. The molecule has 2 N–H and O–H groups in total. The van der Waals surface area contributed by atoms with Gasteiger partial charge in [-0.3, -0.25) is 0 Å². The number of benzene rings is 1. The van der Waals surface area contributed by atoms with Crippen LogP contribution in [0.4, 0.5) is 10.2 Å². The van der Waals surface area contributed by atoms with Gasteiger partial charge in [-0.15, -0.1) is 0 Å². The molecule has 0 aliphatic carbocycles. The molecule has 84 valence electrons. The summed E-state index contributed by atoms with van der Waals surface area (Å²) < 4.78 is 14.5. The van der Waals surface area contributed by atoms with Crippen molar-refractivity contribution in [3.63, 3.8) is 0 Å². The molecule has 0 saturated heterocycles. The third-order valence-corrected chi connectivity index (χ3v) is 2.72. The van der Waals surface area contributed by atoms with Crippen molar-refractivity contribution in [3.05, 3.63) is 46.9 Å². The second-order valence-electron chi connectivity index (χ2n) is 3.88. The fraction of sp³-hybridized carbons (Fsp3) is 0.250. The van der Waals surface area contributed by atoms with Crippen LogP contribution in [0.5, 0.6) is 0 Å². The lowest BCUT2D eigenvalue weighted by molar-refractivity contribution is 0.624. The second kappa shape index (κ2) is 3.96. The van der Waals surface area contributed by atoms with Gasteiger partial charge in [0.1, 0.15) is 11.6 Å². The SMILES string of the molecule is Cc1nn(Cc2ccc(F)cc2)c(N)c1C. The first-order valence-electron chi connectivity index (χ1n) is 5.12. The first-order valence-corrected chi connectivity index (χ1v) is 5.12. The number of hydrogen-bond acceptors (Lipinski definition) is 2. The number of halogens is 1. The average Bonchev–Trinajstić information content (AvgIpc) is 2.50. The molecule has 2 aromatic rings. The topological polar surface area (TPSA) is 43.8 Å². The fourth-order valence-electron chi connectivity index (χ4n) is 1.57. The molecular weight excluding hydrogens is 205 g/mol. The zero-order valence-electron chi connectivity index (χ0n) is 9.37. The van der Waals surface area contributed by atoms with Gasteiger partial charge in [-0.05, 0) is 31.5 Å². The van der Waals surface area contributed by atoms with Crippen molar-refractivity contribution in [3.8, 4) is 0 Å². The zero-order chi connectivity index (χ0) is 11.7. The Kier molecular flexibility index (Phi) is 2.64. The van der Waals surface area contributed by atoms with Crippen molar-refractivity contribution < 1.29 is 4.39 Å². The van der Waals surface area contributed by atoms with Crippen LogP contribution in [0, 0.1) is 19.7 Å². The van der Waals surface area contributed by atoms with Gasteiger partial charge < -0.3 is 5.73 Å². The molecule has 0 unspecified atom stereocenters. The summed E-state index contributed by atoms with van der Waals surface area (Å²) in [5.74, 6) is 0.436. The molecule has 0 fully saturated rings. The molecule has 0 aliphatic rings. The Morgan fingerprint density at radius 3 is 2.38 bits per heavy atom. The van der Waals surface area contributed by atoms with Crippen molar-refractivity contribution in [1.82, 2.24) is 9.78 Å². The summed E-state index contributed by atoms with van der Waals surface area (Å²) in [5, 5.41) is 4.33. The Balaban J connectivity index is 2.27. The van der Waals surface area contributed by atoms with E-state index in [4.69, 9.17) is 5.73 Å². The molecule has 0 atom stereocenters. The van der Waals surface area contributed by atoms with Crippen LogP contribution in [-0.2, 0) is 6.54 Å². The van der Waals surface area contributed by atoms with Gasteiger partial charge >= 0.3 is 0 Å². The van der Waals surface area contributed by atoms with Gasteiger partial charge in [-0.1, -0.05) is 12.1 Å². The van der Waals surface area contributed by atoms with E-state index in [0.717, 1.165) is 16.8 Å². The first kappa shape index (κ1) is 10.7. The fourth-order valence-corrected chi connectivity index (χ4v) is 1.57. The predicted molar refractivity (Wildman–Crippen MR) is 61.6 cm³/mol. The van der Waals surface area contributed by atoms with E-state index in [9.17, 15) is 4.39 Å². The maximum Gasteiger partial charge on any atom is 0.125 e. The molecule has 0 bridgehead atoms. The summed E-state index contributed by atoms with van der Waals surface area (Å²) in [6, 6.07) is 6.35.